The molecule has 2 aliphatic heterocycles. The number of halogens is 1. The number of carbonyl (C=O) groups is 2. The maximum atomic E-state index is 11.8. The fourth-order valence-electron chi connectivity index (χ4n) is 3.34. The number of hydrogen-bond donors (Lipinski definition) is 2. The van der Waals surface area contributed by atoms with E-state index in [1.165, 1.54) is 6.92 Å². The number of fused-ring (bicyclic) bond motifs is 1. The minimum atomic E-state index is -0.201. The Morgan fingerprint density at radius 1 is 1.29 bits per heavy atom. The van der Waals surface area contributed by atoms with Gasteiger partial charge in [0.2, 0.25) is 11.8 Å². The van der Waals surface area contributed by atoms with Crippen LogP contribution in [0.4, 0.5) is 0 Å². The van der Waals surface area contributed by atoms with Gasteiger partial charge >= 0.3 is 0 Å². The molecule has 0 aromatic heterocycles. The summed E-state index contributed by atoms with van der Waals surface area (Å²) >= 11 is 5.93. The molecule has 0 spiro atoms. The van der Waals surface area contributed by atoms with Gasteiger partial charge in [-0.25, -0.2) is 0 Å². The van der Waals surface area contributed by atoms with E-state index in [0.29, 0.717) is 12.6 Å². The normalized spacial score (nSPS) is 26.7. The smallest absolute Gasteiger partial charge is 0.239 e. The van der Waals surface area contributed by atoms with E-state index in [2.05, 4.69) is 15.5 Å². The first kappa shape index (κ1) is 17.2. The Kier molecular flexibility index (Phi) is 5.38. The molecule has 24 heavy (non-hydrogen) atoms. The van der Waals surface area contributed by atoms with Crippen molar-refractivity contribution in [3.05, 3.63) is 34.9 Å². The second kappa shape index (κ2) is 7.51. The van der Waals surface area contributed by atoms with Gasteiger partial charge in [0.25, 0.3) is 0 Å². The van der Waals surface area contributed by atoms with Gasteiger partial charge in [0.1, 0.15) is 0 Å². The predicted molar refractivity (Wildman–Crippen MR) is 90.7 cm³/mol. The van der Waals surface area contributed by atoms with Crippen molar-refractivity contribution < 1.29 is 14.3 Å². The molecule has 0 unspecified atom stereocenters. The van der Waals surface area contributed by atoms with Crippen LogP contribution in [0.5, 0.6) is 0 Å². The number of rotatable bonds is 4. The maximum Gasteiger partial charge on any atom is 0.239 e. The molecule has 2 fully saturated rings. The molecule has 2 amide bonds. The molecule has 0 radical (unpaired) electrons. The number of ether oxygens (including phenoxy) is 1. The highest BCUT2D eigenvalue weighted by Gasteiger charge is 2.38. The first-order chi connectivity index (χ1) is 11.5. The van der Waals surface area contributed by atoms with Gasteiger partial charge in [0, 0.05) is 37.1 Å². The topological polar surface area (TPSA) is 70.7 Å². The first-order valence-corrected chi connectivity index (χ1v) is 8.54. The van der Waals surface area contributed by atoms with Crippen LogP contribution in [-0.4, -0.2) is 55.0 Å². The summed E-state index contributed by atoms with van der Waals surface area (Å²) in [6, 6.07) is 8.18. The van der Waals surface area contributed by atoms with E-state index in [0.717, 1.165) is 30.1 Å². The van der Waals surface area contributed by atoms with E-state index in [-0.39, 0.29) is 30.5 Å². The molecule has 0 bridgehead atoms. The van der Waals surface area contributed by atoms with Crippen LogP contribution in [0.15, 0.2) is 24.3 Å². The van der Waals surface area contributed by atoms with Crippen molar-refractivity contribution in [3.8, 4) is 0 Å². The van der Waals surface area contributed by atoms with Crippen molar-refractivity contribution in [1.82, 2.24) is 15.5 Å². The van der Waals surface area contributed by atoms with E-state index in [1.54, 1.807) is 0 Å². The zero-order chi connectivity index (χ0) is 17.1. The highest BCUT2D eigenvalue weighted by atomic mass is 35.5. The van der Waals surface area contributed by atoms with E-state index < -0.39 is 0 Å². The van der Waals surface area contributed by atoms with Crippen molar-refractivity contribution in [3.63, 3.8) is 0 Å². The van der Waals surface area contributed by atoms with Gasteiger partial charge in [0.05, 0.1) is 19.3 Å². The molecule has 7 heteroatoms. The molecular formula is C17H22ClN3O3. The summed E-state index contributed by atoms with van der Waals surface area (Å²) in [5, 5.41) is 6.22. The molecule has 2 N–H and O–H groups in total. The summed E-state index contributed by atoms with van der Waals surface area (Å²) < 4.78 is 6.00. The van der Waals surface area contributed by atoms with Crippen LogP contribution in [0, 0.1) is 0 Å². The van der Waals surface area contributed by atoms with E-state index in [1.807, 2.05) is 24.3 Å². The average molecular weight is 352 g/mol. The van der Waals surface area contributed by atoms with E-state index in [9.17, 15) is 9.59 Å². The Morgan fingerprint density at radius 2 is 2.04 bits per heavy atom. The van der Waals surface area contributed by atoms with Crippen molar-refractivity contribution in [2.75, 3.05) is 26.2 Å². The Labute approximate surface area is 146 Å². The minimum absolute atomic E-state index is 0.0282. The highest BCUT2D eigenvalue weighted by molar-refractivity contribution is 6.30. The summed E-state index contributed by atoms with van der Waals surface area (Å²) in [5.74, 6) is -0.349. The van der Waals surface area contributed by atoms with Gasteiger partial charge in [-0.3, -0.25) is 14.5 Å². The number of benzene rings is 1. The van der Waals surface area contributed by atoms with Gasteiger partial charge in [-0.2, -0.15) is 0 Å². The molecule has 1 aromatic carbocycles. The SMILES string of the molecule is CC(=O)NCC(=O)N[C@@H]1C[C@H]2CO[C@@H](c3ccc(Cl)cc3)CN2C1. The predicted octanol–water partition coefficient (Wildman–Crippen LogP) is 1.11. The third-order valence-electron chi connectivity index (χ3n) is 4.52. The number of morpholine rings is 1. The Hall–Kier alpha value is -1.63. The summed E-state index contributed by atoms with van der Waals surface area (Å²) in [4.78, 5) is 25.1. The molecule has 2 heterocycles. The van der Waals surface area contributed by atoms with Gasteiger partial charge in [-0.15, -0.1) is 0 Å². The summed E-state index contributed by atoms with van der Waals surface area (Å²) in [6.07, 6.45) is 0.909. The van der Waals surface area contributed by atoms with Gasteiger partial charge in [-0.05, 0) is 24.1 Å². The molecule has 2 aliphatic rings. The van der Waals surface area contributed by atoms with E-state index >= 15 is 0 Å². The second-order valence-corrected chi connectivity index (χ2v) is 6.83. The Morgan fingerprint density at radius 3 is 2.75 bits per heavy atom. The number of nitrogens with one attached hydrogen (secondary N) is 2. The van der Waals surface area contributed by atoms with Crippen molar-refractivity contribution in [2.45, 2.75) is 31.5 Å². The number of nitrogens with zero attached hydrogens (tertiary/aromatic N) is 1. The lowest BCUT2D eigenvalue weighted by Crippen LogP contribution is -2.44. The summed E-state index contributed by atoms with van der Waals surface area (Å²) in [7, 11) is 0. The monoisotopic (exact) mass is 351 g/mol. The summed E-state index contributed by atoms with van der Waals surface area (Å²) in [6.45, 7) is 3.71. The lowest BCUT2D eigenvalue weighted by atomic mass is 10.1. The Bertz CT molecular complexity index is 608. The molecule has 130 valence electrons. The first-order valence-electron chi connectivity index (χ1n) is 8.16. The van der Waals surface area contributed by atoms with Gasteiger partial charge < -0.3 is 15.4 Å². The van der Waals surface area contributed by atoms with Gasteiger partial charge in [-0.1, -0.05) is 23.7 Å². The molecular weight excluding hydrogens is 330 g/mol. The molecule has 0 aliphatic carbocycles. The standard InChI is InChI=1S/C17H22ClN3O3/c1-11(22)19-7-17(23)20-14-6-15-10-24-16(9-21(15)8-14)12-2-4-13(18)5-3-12/h2-5,14-16H,6-10H2,1H3,(H,19,22)(H,20,23)/t14-,15+,16-/m1/s1. The lowest BCUT2D eigenvalue weighted by molar-refractivity contribution is -0.125. The second-order valence-electron chi connectivity index (χ2n) is 6.39. The molecule has 3 rings (SSSR count). The zero-order valence-corrected chi connectivity index (χ0v) is 14.4. The molecule has 1 aromatic rings. The third-order valence-corrected chi connectivity index (χ3v) is 4.77. The maximum absolute atomic E-state index is 11.8. The summed E-state index contributed by atoms with van der Waals surface area (Å²) in [5.41, 5.74) is 1.12. The van der Waals surface area contributed by atoms with Crippen LogP contribution >= 0.6 is 11.6 Å². The van der Waals surface area contributed by atoms with Gasteiger partial charge in [0.15, 0.2) is 0 Å². The quantitative estimate of drug-likeness (QED) is 0.852. The van der Waals surface area contributed by atoms with Crippen LogP contribution in [0.1, 0.15) is 25.0 Å². The third kappa shape index (κ3) is 4.26. The number of carbonyl (C=O) groups excluding carboxylic acids is 2. The van der Waals surface area contributed by atoms with Crippen molar-refractivity contribution in [2.24, 2.45) is 0 Å². The van der Waals surface area contributed by atoms with Crippen LogP contribution < -0.4 is 10.6 Å². The largest absolute Gasteiger partial charge is 0.371 e. The van der Waals surface area contributed by atoms with Crippen molar-refractivity contribution in [1.29, 1.82) is 0 Å². The molecule has 0 saturated carbocycles. The van der Waals surface area contributed by atoms with Crippen molar-refractivity contribution >= 4 is 23.4 Å². The number of hydrogen-bond acceptors (Lipinski definition) is 4. The average Bonchev–Trinajstić information content (AvgIpc) is 2.94. The molecule has 3 atom stereocenters. The van der Waals surface area contributed by atoms with Crippen LogP contribution in [0.2, 0.25) is 5.02 Å². The fourth-order valence-corrected chi connectivity index (χ4v) is 3.47. The Balaban J connectivity index is 1.52. The highest BCUT2D eigenvalue weighted by Crippen LogP contribution is 2.30. The minimum Gasteiger partial charge on any atom is -0.371 e. The van der Waals surface area contributed by atoms with Crippen LogP contribution in [0.3, 0.4) is 0 Å². The van der Waals surface area contributed by atoms with E-state index in [4.69, 9.17) is 16.3 Å². The number of amides is 2. The fraction of sp³-hybridized carbons (Fsp3) is 0.529. The van der Waals surface area contributed by atoms with Crippen LogP contribution in [-0.2, 0) is 14.3 Å². The lowest BCUT2D eigenvalue weighted by Gasteiger charge is -2.35. The zero-order valence-electron chi connectivity index (χ0n) is 13.6. The van der Waals surface area contributed by atoms with Crippen LogP contribution in [0.25, 0.3) is 0 Å². The molecule has 2 saturated heterocycles. The molecule has 6 nitrogen and oxygen atoms in total.